The normalized spacial score (nSPS) is 10.1. The molecule has 0 atom stereocenters. The number of aliphatic carboxylic acids is 1. The van der Waals surface area contributed by atoms with Gasteiger partial charge in [-0.1, -0.05) is 17.7 Å². The lowest BCUT2D eigenvalue weighted by molar-refractivity contribution is -0.134. The summed E-state index contributed by atoms with van der Waals surface area (Å²) < 4.78 is 29.6. The van der Waals surface area contributed by atoms with E-state index in [4.69, 9.17) is 14.5 Å². The molecule has 84 valence electrons. The Labute approximate surface area is 88.1 Å². The molecule has 0 heterocycles. The second-order valence-electron chi connectivity index (χ2n) is 2.81. The number of rotatable bonds is 1. The smallest absolute Gasteiger partial charge is 0.300 e. The van der Waals surface area contributed by atoms with Gasteiger partial charge in [0, 0.05) is 6.92 Å². The Morgan fingerprint density at radius 2 is 1.53 bits per heavy atom. The minimum Gasteiger partial charge on any atom is -0.481 e. The molecular weight excluding hydrogens is 220 g/mol. The summed E-state index contributed by atoms with van der Waals surface area (Å²) in [6.07, 6.45) is 0. The molecule has 1 aromatic rings. The predicted octanol–water partition coefficient (Wildman–Crippen LogP) is 1.33. The number of hydrogen-bond donors (Lipinski definition) is 2. The summed E-state index contributed by atoms with van der Waals surface area (Å²) in [5.74, 6) is -0.833. The highest BCUT2D eigenvalue weighted by molar-refractivity contribution is 7.85. The lowest BCUT2D eigenvalue weighted by Gasteiger charge is -1.95. The lowest BCUT2D eigenvalue weighted by atomic mass is 10.2. The zero-order chi connectivity index (χ0) is 12.1. The Morgan fingerprint density at radius 3 is 1.80 bits per heavy atom. The summed E-state index contributed by atoms with van der Waals surface area (Å²) in [6.45, 7) is 2.92. The molecule has 0 aliphatic heterocycles. The van der Waals surface area contributed by atoms with E-state index in [9.17, 15) is 8.42 Å². The molecule has 0 aliphatic rings. The summed E-state index contributed by atoms with van der Waals surface area (Å²) >= 11 is 0. The van der Waals surface area contributed by atoms with Crippen molar-refractivity contribution in [3.63, 3.8) is 0 Å². The van der Waals surface area contributed by atoms with Crippen molar-refractivity contribution in [3.8, 4) is 0 Å². The molecule has 2 N–H and O–H groups in total. The molecule has 0 aliphatic carbocycles. The quantitative estimate of drug-likeness (QED) is 0.713. The largest absolute Gasteiger partial charge is 0.481 e. The van der Waals surface area contributed by atoms with Gasteiger partial charge < -0.3 is 5.11 Å². The van der Waals surface area contributed by atoms with Gasteiger partial charge in [-0.25, -0.2) is 0 Å². The standard InChI is InChI=1S/C7H8O3S.C2H4O2/c1-6-2-4-7(5-3-6)11(8,9)10;1-2(3)4/h2-5H,1H3,(H,8,9,10);1H3,(H,3,4). The molecular formula is C9H12O5S. The minimum atomic E-state index is -4.02. The van der Waals surface area contributed by atoms with Crippen LogP contribution >= 0.6 is 0 Å². The van der Waals surface area contributed by atoms with Crippen molar-refractivity contribution >= 4 is 16.1 Å². The Morgan fingerprint density at radius 1 is 1.20 bits per heavy atom. The van der Waals surface area contributed by atoms with Crippen LogP contribution in [0.3, 0.4) is 0 Å². The van der Waals surface area contributed by atoms with Crippen LogP contribution in [0.15, 0.2) is 29.2 Å². The van der Waals surface area contributed by atoms with Gasteiger partial charge in [0.1, 0.15) is 0 Å². The molecule has 0 spiro atoms. The van der Waals surface area contributed by atoms with Crippen LogP contribution in [-0.4, -0.2) is 24.0 Å². The summed E-state index contributed by atoms with van der Waals surface area (Å²) in [7, 11) is -4.02. The molecule has 0 radical (unpaired) electrons. The maximum atomic E-state index is 10.5. The first-order valence-electron chi connectivity index (χ1n) is 3.97. The van der Waals surface area contributed by atoms with E-state index < -0.39 is 16.1 Å². The third-order valence-electron chi connectivity index (χ3n) is 1.32. The Hall–Kier alpha value is -1.40. The summed E-state index contributed by atoms with van der Waals surface area (Å²) in [5.41, 5.74) is 0.956. The summed E-state index contributed by atoms with van der Waals surface area (Å²) in [5, 5.41) is 7.42. The van der Waals surface area contributed by atoms with Gasteiger partial charge in [-0.05, 0) is 19.1 Å². The third-order valence-corrected chi connectivity index (χ3v) is 2.19. The first-order chi connectivity index (χ1) is 6.73. The van der Waals surface area contributed by atoms with Crippen LogP contribution in [0.25, 0.3) is 0 Å². The van der Waals surface area contributed by atoms with Crippen LogP contribution in [-0.2, 0) is 14.9 Å². The first-order valence-corrected chi connectivity index (χ1v) is 5.41. The highest BCUT2D eigenvalue weighted by atomic mass is 32.2. The van der Waals surface area contributed by atoms with Crippen LogP contribution in [0, 0.1) is 6.92 Å². The second-order valence-corrected chi connectivity index (χ2v) is 4.23. The number of carboxylic acid groups (broad SMARTS) is 1. The van der Waals surface area contributed by atoms with Gasteiger partial charge in [-0.15, -0.1) is 0 Å². The molecule has 5 nitrogen and oxygen atoms in total. The molecule has 0 amide bonds. The minimum absolute atomic E-state index is 0.0666. The van der Waals surface area contributed by atoms with E-state index in [1.165, 1.54) is 12.1 Å². The molecule has 0 fully saturated rings. The number of carboxylic acids is 1. The molecule has 0 aromatic heterocycles. The first kappa shape index (κ1) is 13.6. The van der Waals surface area contributed by atoms with E-state index in [2.05, 4.69) is 0 Å². The van der Waals surface area contributed by atoms with Crippen LogP contribution in [0.5, 0.6) is 0 Å². The summed E-state index contributed by atoms with van der Waals surface area (Å²) in [6, 6.07) is 5.99. The van der Waals surface area contributed by atoms with Crippen molar-refractivity contribution in [1.82, 2.24) is 0 Å². The van der Waals surface area contributed by atoms with E-state index in [0.29, 0.717) is 0 Å². The molecule has 0 saturated heterocycles. The van der Waals surface area contributed by atoms with Crippen molar-refractivity contribution in [1.29, 1.82) is 0 Å². The van der Waals surface area contributed by atoms with Gasteiger partial charge in [0.15, 0.2) is 0 Å². The van der Waals surface area contributed by atoms with E-state index in [1.54, 1.807) is 12.1 Å². The number of carbonyl (C=O) groups is 1. The van der Waals surface area contributed by atoms with Crippen LogP contribution in [0.4, 0.5) is 0 Å². The molecule has 15 heavy (non-hydrogen) atoms. The third kappa shape index (κ3) is 6.64. The number of benzene rings is 1. The average Bonchev–Trinajstić information content (AvgIpc) is 2.01. The maximum Gasteiger partial charge on any atom is 0.300 e. The van der Waals surface area contributed by atoms with Crippen LogP contribution in [0.1, 0.15) is 12.5 Å². The van der Waals surface area contributed by atoms with E-state index in [1.807, 2.05) is 6.92 Å². The van der Waals surface area contributed by atoms with Crippen molar-refractivity contribution < 1.29 is 22.9 Å². The van der Waals surface area contributed by atoms with Crippen LogP contribution < -0.4 is 0 Å². The highest BCUT2D eigenvalue weighted by Gasteiger charge is 2.06. The van der Waals surface area contributed by atoms with Crippen molar-refractivity contribution in [2.24, 2.45) is 0 Å². The summed E-state index contributed by atoms with van der Waals surface area (Å²) in [4.78, 5) is 8.93. The SMILES string of the molecule is CC(=O)O.Cc1ccc(S(=O)(=O)O)cc1. The van der Waals surface area contributed by atoms with Crippen molar-refractivity contribution in [2.45, 2.75) is 18.7 Å². The molecule has 1 rings (SSSR count). The molecule has 6 heteroatoms. The lowest BCUT2D eigenvalue weighted by Crippen LogP contribution is -1.96. The fourth-order valence-corrected chi connectivity index (χ4v) is 1.19. The molecule has 0 unspecified atom stereocenters. The Bertz CT molecular complexity index is 414. The second kappa shape index (κ2) is 5.47. The molecule has 0 bridgehead atoms. The van der Waals surface area contributed by atoms with E-state index in [-0.39, 0.29) is 4.90 Å². The van der Waals surface area contributed by atoms with Gasteiger partial charge in [0.25, 0.3) is 16.1 Å². The fourth-order valence-electron chi connectivity index (χ4n) is 0.710. The maximum absolute atomic E-state index is 10.5. The molecule has 0 saturated carbocycles. The number of hydrogen-bond acceptors (Lipinski definition) is 3. The van der Waals surface area contributed by atoms with E-state index in [0.717, 1.165) is 12.5 Å². The zero-order valence-electron chi connectivity index (χ0n) is 8.34. The van der Waals surface area contributed by atoms with Crippen LogP contribution in [0.2, 0.25) is 0 Å². The predicted molar refractivity (Wildman–Crippen MR) is 54.3 cm³/mol. The van der Waals surface area contributed by atoms with E-state index >= 15 is 0 Å². The topological polar surface area (TPSA) is 91.7 Å². The van der Waals surface area contributed by atoms with Gasteiger partial charge in [-0.2, -0.15) is 8.42 Å². The highest BCUT2D eigenvalue weighted by Crippen LogP contribution is 2.08. The van der Waals surface area contributed by atoms with Gasteiger partial charge in [-0.3, -0.25) is 9.35 Å². The average molecular weight is 232 g/mol. The van der Waals surface area contributed by atoms with Crippen molar-refractivity contribution in [3.05, 3.63) is 29.8 Å². The monoisotopic (exact) mass is 232 g/mol. The Balaban J connectivity index is 0.000000423. The fraction of sp³-hybridized carbons (Fsp3) is 0.222. The molecule has 1 aromatic carbocycles. The zero-order valence-corrected chi connectivity index (χ0v) is 9.15. The van der Waals surface area contributed by atoms with Gasteiger partial charge >= 0.3 is 0 Å². The Kier molecular flexibility index (Phi) is 4.96. The number of aryl methyl sites for hydroxylation is 1. The van der Waals surface area contributed by atoms with Gasteiger partial charge in [0.2, 0.25) is 0 Å². The van der Waals surface area contributed by atoms with Crippen molar-refractivity contribution in [2.75, 3.05) is 0 Å². The van der Waals surface area contributed by atoms with Gasteiger partial charge in [0.05, 0.1) is 4.90 Å².